The van der Waals surface area contributed by atoms with E-state index in [1.54, 1.807) is 24.3 Å². The number of carbonyl (C=O) groups excluding carboxylic acids is 3. The number of nitrogens with two attached hydrogens (primary N) is 1. The molecule has 0 radical (unpaired) electrons. The SMILES string of the molecule is CN1CCN(c2nc(-c3ccc(NC(=O)Nc4ccc(C(=O)N5CCC[C@H]5C(N)=O)cc4)cc3)cc(N3CCOCC3)n2)CC1. The van der Waals surface area contributed by atoms with Crippen molar-refractivity contribution in [3.05, 3.63) is 60.2 Å². The molecule has 6 rings (SSSR count). The molecule has 4 N–H and O–H groups in total. The summed E-state index contributed by atoms with van der Waals surface area (Å²) < 4.78 is 5.55. The van der Waals surface area contributed by atoms with Crippen LogP contribution in [0.1, 0.15) is 23.2 Å². The average molecular weight is 614 g/mol. The van der Waals surface area contributed by atoms with Gasteiger partial charge in [-0.25, -0.2) is 9.78 Å². The number of carbonyl (C=O) groups is 3. The molecule has 0 spiro atoms. The van der Waals surface area contributed by atoms with Crippen molar-refractivity contribution < 1.29 is 19.1 Å². The number of hydrogen-bond acceptors (Lipinski definition) is 9. The van der Waals surface area contributed by atoms with Crippen molar-refractivity contribution in [1.29, 1.82) is 0 Å². The van der Waals surface area contributed by atoms with Crippen LogP contribution < -0.4 is 26.2 Å². The molecule has 0 unspecified atom stereocenters. The van der Waals surface area contributed by atoms with Crippen LogP contribution in [0.3, 0.4) is 0 Å². The number of amides is 4. The largest absolute Gasteiger partial charge is 0.378 e. The number of likely N-dealkylation sites (N-methyl/N-ethyl adjacent to an activating group) is 1. The van der Waals surface area contributed by atoms with Gasteiger partial charge in [-0.2, -0.15) is 4.98 Å². The van der Waals surface area contributed by atoms with E-state index in [2.05, 4.69) is 32.4 Å². The second-order valence-electron chi connectivity index (χ2n) is 11.6. The lowest BCUT2D eigenvalue weighted by Gasteiger charge is -2.34. The number of urea groups is 1. The zero-order valence-electron chi connectivity index (χ0n) is 25.4. The van der Waals surface area contributed by atoms with Gasteiger partial charge < -0.3 is 40.7 Å². The maximum atomic E-state index is 12.9. The third-order valence-corrected chi connectivity index (χ3v) is 8.49. The first-order valence-corrected chi connectivity index (χ1v) is 15.4. The first kappa shape index (κ1) is 30.3. The summed E-state index contributed by atoms with van der Waals surface area (Å²) in [6, 6.07) is 15.2. The van der Waals surface area contributed by atoms with Crippen molar-refractivity contribution in [3.8, 4) is 11.3 Å². The van der Waals surface area contributed by atoms with Crippen LogP contribution in [-0.2, 0) is 9.53 Å². The Morgan fingerprint density at radius 1 is 0.822 bits per heavy atom. The van der Waals surface area contributed by atoms with E-state index in [-0.39, 0.29) is 5.91 Å². The molecule has 0 aliphatic carbocycles. The van der Waals surface area contributed by atoms with Crippen LogP contribution in [0.4, 0.5) is 27.9 Å². The van der Waals surface area contributed by atoms with E-state index in [1.165, 1.54) is 4.90 Å². The second kappa shape index (κ2) is 13.5. The van der Waals surface area contributed by atoms with Gasteiger partial charge in [0.1, 0.15) is 11.9 Å². The molecule has 236 valence electrons. The molecule has 45 heavy (non-hydrogen) atoms. The van der Waals surface area contributed by atoms with Crippen molar-refractivity contribution in [2.24, 2.45) is 5.73 Å². The van der Waals surface area contributed by atoms with Crippen molar-refractivity contribution in [3.63, 3.8) is 0 Å². The first-order valence-electron chi connectivity index (χ1n) is 15.4. The zero-order valence-corrected chi connectivity index (χ0v) is 25.4. The number of likely N-dealkylation sites (tertiary alicyclic amines) is 1. The van der Waals surface area contributed by atoms with Gasteiger partial charge in [0.25, 0.3) is 5.91 Å². The van der Waals surface area contributed by atoms with Gasteiger partial charge in [0.15, 0.2) is 0 Å². The van der Waals surface area contributed by atoms with Gasteiger partial charge in [0, 0.05) is 74.4 Å². The standard InChI is InChI=1S/C32H39N9O4/c1-38-13-15-40(16-14-38)31-36-26(21-28(37-31)39-17-19-45-20-18-39)22-4-8-24(9-5-22)34-32(44)35-25-10-6-23(7-11-25)30(43)41-12-2-3-27(41)29(33)42/h4-11,21,27H,2-3,12-20H2,1H3,(H2,33,42)(H2,34,35,44)/t27-/m0/s1. The third-order valence-electron chi connectivity index (χ3n) is 8.49. The summed E-state index contributed by atoms with van der Waals surface area (Å²) in [4.78, 5) is 55.5. The van der Waals surface area contributed by atoms with E-state index in [0.29, 0.717) is 43.1 Å². The van der Waals surface area contributed by atoms with Gasteiger partial charge in [-0.1, -0.05) is 12.1 Å². The van der Waals surface area contributed by atoms with Crippen LogP contribution in [0, 0.1) is 0 Å². The minimum atomic E-state index is -0.576. The number of primary amides is 1. The molecule has 4 amide bonds. The van der Waals surface area contributed by atoms with E-state index in [0.717, 1.165) is 68.7 Å². The molecule has 3 fully saturated rings. The van der Waals surface area contributed by atoms with Gasteiger partial charge in [0.05, 0.1) is 18.9 Å². The van der Waals surface area contributed by atoms with Gasteiger partial charge in [-0.05, 0) is 56.3 Å². The monoisotopic (exact) mass is 613 g/mol. The minimum absolute atomic E-state index is 0.246. The summed E-state index contributed by atoms with van der Waals surface area (Å²) in [6.45, 7) is 7.06. The highest BCUT2D eigenvalue weighted by Crippen LogP contribution is 2.27. The molecule has 13 heteroatoms. The Balaban J connectivity index is 1.11. The number of hydrogen-bond donors (Lipinski definition) is 3. The molecule has 4 heterocycles. The minimum Gasteiger partial charge on any atom is -0.378 e. The van der Waals surface area contributed by atoms with Crippen LogP contribution in [0.15, 0.2) is 54.6 Å². The smallest absolute Gasteiger partial charge is 0.323 e. The highest BCUT2D eigenvalue weighted by molar-refractivity contribution is 6.01. The average Bonchev–Trinajstić information content (AvgIpc) is 3.56. The maximum absolute atomic E-state index is 12.9. The molecule has 3 aliphatic rings. The summed E-state index contributed by atoms with van der Waals surface area (Å²) in [5.74, 6) is 0.877. The Labute approximate surface area is 262 Å². The lowest BCUT2D eigenvalue weighted by atomic mass is 10.1. The highest BCUT2D eigenvalue weighted by Gasteiger charge is 2.33. The molecule has 3 aromatic rings. The van der Waals surface area contributed by atoms with Gasteiger partial charge >= 0.3 is 6.03 Å². The Kier molecular flexibility index (Phi) is 9.08. The second-order valence-corrected chi connectivity index (χ2v) is 11.6. The van der Waals surface area contributed by atoms with Gasteiger partial charge in [0.2, 0.25) is 11.9 Å². The Morgan fingerprint density at radius 3 is 2.11 bits per heavy atom. The topological polar surface area (TPSA) is 149 Å². The summed E-state index contributed by atoms with van der Waals surface area (Å²) in [6.07, 6.45) is 1.32. The number of rotatable bonds is 7. The van der Waals surface area contributed by atoms with Crippen LogP contribution in [-0.4, -0.2) is 110 Å². The molecule has 1 aromatic heterocycles. The van der Waals surface area contributed by atoms with Crippen molar-refractivity contribution in [1.82, 2.24) is 19.8 Å². The fraction of sp³-hybridized carbons (Fsp3) is 0.406. The predicted molar refractivity (Wildman–Crippen MR) is 173 cm³/mol. The summed E-state index contributed by atoms with van der Waals surface area (Å²) in [7, 11) is 2.13. The molecular formula is C32H39N9O4. The van der Waals surface area contributed by atoms with E-state index < -0.39 is 18.0 Å². The summed E-state index contributed by atoms with van der Waals surface area (Å²) >= 11 is 0. The maximum Gasteiger partial charge on any atom is 0.323 e. The van der Waals surface area contributed by atoms with Gasteiger partial charge in [-0.3, -0.25) is 9.59 Å². The molecule has 13 nitrogen and oxygen atoms in total. The summed E-state index contributed by atoms with van der Waals surface area (Å²) in [5, 5.41) is 5.65. The number of benzene rings is 2. The lowest BCUT2D eigenvalue weighted by Crippen LogP contribution is -2.45. The Morgan fingerprint density at radius 2 is 1.47 bits per heavy atom. The molecular weight excluding hydrogens is 574 g/mol. The highest BCUT2D eigenvalue weighted by atomic mass is 16.5. The van der Waals surface area contributed by atoms with Gasteiger partial charge in [-0.15, -0.1) is 0 Å². The predicted octanol–water partition coefficient (Wildman–Crippen LogP) is 2.47. The number of anilines is 4. The quantitative estimate of drug-likeness (QED) is 0.365. The Bertz CT molecular complexity index is 1520. The molecule has 2 aromatic carbocycles. The Hall–Kier alpha value is -4.75. The molecule has 3 saturated heterocycles. The van der Waals surface area contributed by atoms with E-state index in [9.17, 15) is 14.4 Å². The van der Waals surface area contributed by atoms with E-state index in [4.69, 9.17) is 20.4 Å². The number of nitrogens with one attached hydrogen (secondary N) is 2. The normalized spacial score (nSPS) is 19.0. The molecule has 3 aliphatic heterocycles. The van der Waals surface area contributed by atoms with Crippen LogP contribution >= 0.6 is 0 Å². The number of aromatic nitrogens is 2. The molecule has 1 atom stereocenters. The van der Waals surface area contributed by atoms with Crippen molar-refractivity contribution in [2.45, 2.75) is 18.9 Å². The first-order chi connectivity index (χ1) is 21.8. The molecule has 0 bridgehead atoms. The number of morpholine rings is 1. The molecule has 0 saturated carbocycles. The van der Waals surface area contributed by atoms with Crippen LogP contribution in [0.25, 0.3) is 11.3 Å². The zero-order chi connectivity index (χ0) is 31.3. The van der Waals surface area contributed by atoms with Crippen molar-refractivity contribution in [2.75, 3.05) is 86.5 Å². The fourth-order valence-electron chi connectivity index (χ4n) is 5.86. The third kappa shape index (κ3) is 7.15. The number of piperazine rings is 1. The number of nitrogens with zero attached hydrogens (tertiary/aromatic N) is 6. The number of ether oxygens (including phenoxy) is 1. The fourth-order valence-corrected chi connectivity index (χ4v) is 5.86. The van der Waals surface area contributed by atoms with E-state index in [1.807, 2.05) is 30.3 Å². The lowest BCUT2D eigenvalue weighted by molar-refractivity contribution is -0.121. The van der Waals surface area contributed by atoms with Crippen molar-refractivity contribution >= 4 is 41.0 Å². The van der Waals surface area contributed by atoms with Crippen LogP contribution in [0.5, 0.6) is 0 Å². The summed E-state index contributed by atoms with van der Waals surface area (Å²) in [5.41, 5.74) is 8.78. The van der Waals surface area contributed by atoms with E-state index >= 15 is 0 Å². The van der Waals surface area contributed by atoms with Crippen LogP contribution in [0.2, 0.25) is 0 Å².